The van der Waals surface area contributed by atoms with Gasteiger partial charge in [0.05, 0.1) is 12.1 Å². The number of hydrogen-bond acceptors (Lipinski definition) is 8. The van der Waals surface area contributed by atoms with Crippen molar-refractivity contribution in [2.24, 2.45) is 0 Å². The van der Waals surface area contributed by atoms with E-state index in [-0.39, 0.29) is 12.1 Å². The Morgan fingerprint density at radius 2 is 2.00 bits per heavy atom. The SMILES string of the molecule is CC(C)(C)n1ccc(OCCN2CCOC3(C2)OC(=O)C(=O)O3)n1. The van der Waals surface area contributed by atoms with Crippen LogP contribution in [0.1, 0.15) is 20.8 Å². The van der Waals surface area contributed by atoms with E-state index in [1.54, 1.807) is 0 Å². The molecule has 9 nitrogen and oxygen atoms in total. The van der Waals surface area contributed by atoms with Crippen molar-refractivity contribution in [2.75, 3.05) is 32.8 Å². The lowest BCUT2D eigenvalue weighted by molar-refractivity contribution is -0.338. The standard InChI is InChI=1S/C15H21N3O6/c1-14(2,3)18-5-4-11(16-18)21-8-6-17-7-9-22-15(10-17)23-12(19)13(20)24-15/h4-5H,6-10H2,1-3H3. The molecule has 0 N–H and O–H groups in total. The van der Waals surface area contributed by atoms with Gasteiger partial charge < -0.3 is 18.9 Å². The van der Waals surface area contributed by atoms with E-state index in [1.165, 1.54) is 0 Å². The Kier molecular flexibility index (Phi) is 4.22. The summed E-state index contributed by atoms with van der Waals surface area (Å²) in [6.45, 7) is 8.20. The fraction of sp³-hybridized carbons (Fsp3) is 0.667. The van der Waals surface area contributed by atoms with Crippen molar-refractivity contribution in [2.45, 2.75) is 32.3 Å². The van der Waals surface area contributed by atoms with Gasteiger partial charge in [0.15, 0.2) is 0 Å². The molecule has 0 aromatic carbocycles. The molecule has 0 bridgehead atoms. The molecular weight excluding hydrogens is 318 g/mol. The van der Waals surface area contributed by atoms with Crippen LogP contribution >= 0.6 is 0 Å². The predicted molar refractivity (Wildman–Crippen MR) is 80.0 cm³/mol. The Labute approximate surface area is 139 Å². The van der Waals surface area contributed by atoms with E-state index >= 15 is 0 Å². The first-order valence-corrected chi connectivity index (χ1v) is 7.79. The summed E-state index contributed by atoms with van der Waals surface area (Å²) < 4.78 is 22.6. The summed E-state index contributed by atoms with van der Waals surface area (Å²) in [6, 6.07) is 1.81. The smallest absolute Gasteiger partial charge is 0.422 e. The fourth-order valence-electron chi connectivity index (χ4n) is 2.47. The minimum atomic E-state index is -1.61. The maximum Gasteiger partial charge on any atom is 0.422 e. The van der Waals surface area contributed by atoms with Crippen molar-refractivity contribution in [3.05, 3.63) is 12.3 Å². The molecule has 9 heteroatoms. The zero-order valence-electron chi connectivity index (χ0n) is 14.0. The molecule has 24 heavy (non-hydrogen) atoms. The van der Waals surface area contributed by atoms with Crippen molar-refractivity contribution in [3.63, 3.8) is 0 Å². The van der Waals surface area contributed by atoms with E-state index in [4.69, 9.17) is 18.9 Å². The van der Waals surface area contributed by atoms with Crippen LogP contribution in [0.25, 0.3) is 0 Å². The first-order valence-electron chi connectivity index (χ1n) is 7.79. The summed E-state index contributed by atoms with van der Waals surface area (Å²) in [6.07, 6.45) is 1.87. The Hall–Kier alpha value is -2.13. The van der Waals surface area contributed by atoms with E-state index < -0.39 is 17.9 Å². The maximum atomic E-state index is 11.2. The second-order valence-electron chi connectivity index (χ2n) is 6.70. The number of rotatable bonds is 4. The summed E-state index contributed by atoms with van der Waals surface area (Å²) >= 11 is 0. The molecule has 2 aliphatic heterocycles. The summed E-state index contributed by atoms with van der Waals surface area (Å²) in [5.41, 5.74) is -0.103. The van der Waals surface area contributed by atoms with E-state index in [9.17, 15) is 9.59 Å². The number of hydrogen-bond donors (Lipinski definition) is 0. The number of carbonyl (C=O) groups is 2. The Morgan fingerprint density at radius 3 is 2.62 bits per heavy atom. The third-order valence-electron chi connectivity index (χ3n) is 3.72. The average molecular weight is 339 g/mol. The van der Waals surface area contributed by atoms with E-state index in [2.05, 4.69) is 25.9 Å². The lowest BCUT2D eigenvalue weighted by Gasteiger charge is -2.36. The van der Waals surface area contributed by atoms with Gasteiger partial charge in [-0.05, 0) is 20.8 Å². The third kappa shape index (κ3) is 3.51. The molecule has 0 amide bonds. The predicted octanol–water partition coefficient (Wildman–Crippen LogP) is 0.103. The van der Waals surface area contributed by atoms with Crippen molar-refractivity contribution in [1.82, 2.24) is 14.7 Å². The van der Waals surface area contributed by atoms with Crippen LogP contribution in [0.5, 0.6) is 5.88 Å². The van der Waals surface area contributed by atoms with Gasteiger partial charge in [-0.3, -0.25) is 9.58 Å². The Balaban J connectivity index is 1.49. The molecule has 2 fully saturated rings. The molecule has 0 aliphatic carbocycles. The van der Waals surface area contributed by atoms with Crippen LogP contribution in [0.4, 0.5) is 0 Å². The number of carbonyl (C=O) groups excluding carboxylic acids is 2. The second kappa shape index (κ2) is 6.06. The molecule has 3 rings (SSSR count). The summed E-state index contributed by atoms with van der Waals surface area (Å²) in [4.78, 5) is 24.4. The molecule has 1 spiro atoms. The molecule has 0 unspecified atom stereocenters. The number of nitrogens with zero attached hydrogens (tertiary/aromatic N) is 3. The highest BCUT2D eigenvalue weighted by Crippen LogP contribution is 2.26. The van der Waals surface area contributed by atoms with Crippen molar-refractivity contribution in [1.29, 1.82) is 0 Å². The molecule has 132 valence electrons. The monoisotopic (exact) mass is 339 g/mol. The van der Waals surface area contributed by atoms with Gasteiger partial charge in [-0.15, -0.1) is 5.10 Å². The molecule has 1 aromatic rings. The van der Waals surface area contributed by atoms with Crippen LogP contribution in [0, 0.1) is 0 Å². The highest BCUT2D eigenvalue weighted by Gasteiger charge is 2.52. The van der Waals surface area contributed by atoms with Crippen molar-refractivity contribution < 1.29 is 28.5 Å². The molecule has 1 aromatic heterocycles. The van der Waals surface area contributed by atoms with Gasteiger partial charge in [-0.1, -0.05) is 0 Å². The summed E-state index contributed by atoms with van der Waals surface area (Å²) in [5, 5.41) is 4.37. The van der Waals surface area contributed by atoms with Crippen LogP contribution < -0.4 is 4.74 Å². The highest BCUT2D eigenvalue weighted by molar-refractivity contribution is 6.31. The Morgan fingerprint density at radius 1 is 1.29 bits per heavy atom. The molecule has 2 saturated heterocycles. The van der Waals surface area contributed by atoms with Crippen LogP contribution in [0.2, 0.25) is 0 Å². The summed E-state index contributed by atoms with van der Waals surface area (Å²) in [5.74, 6) is -3.12. The van der Waals surface area contributed by atoms with Crippen LogP contribution in [0.3, 0.4) is 0 Å². The molecule has 0 saturated carbocycles. The minimum Gasteiger partial charge on any atom is -0.475 e. The molecule has 3 heterocycles. The summed E-state index contributed by atoms with van der Waals surface area (Å²) in [7, 11) is 0. The lowest BCUT2D eigenvalue weighted by atomic mass is 10.1. The number of morpholine rings is 1. The van der Waals surface area contributed by atoms with Gasteiger partial charge in [0.1, 0.15) is 13.2 Å². The topological polar surface area (TPSA) is 92.1 Å². The number of ether oxygens (including phenoxy) is 4. The van der Waals surface area contributed by atoms with Crippen LogP contribution in [-0.4, -0.2) is 65.4 Å². The van der Waals surface area contributed by atoms with Gasteiger partial charge in [0.25, 0.3) is 0 Å². The first-order chi connectivity index (χ1) is 11.3. The first kappa shape index (κ1) is 16.7. The van der Waals surface area contributed by atoms with Crippen LogP contribution in [0.15, 0.2) is 12.3 Å². The van der Waals surface area contributed by atoms with Crippen molar-refractivity contribution in [3.8, 4) is 5.88 Å². The second-order valence-corrected chi connectivity index (χ2v) is 6.70. The highest BCUT2D eigenvalue weighted by atomic mass is 16.9. The zero-order valence-corrected chi connectivity index (χ0v) is 14.0. The molecule has 0 atom stereocenters. The third-order valence-corrected chi connectivity index (χ3v) is 3.72. The average Bonchev–Trinajstić information content (AvgIpc) is 3.05. The van der Waals surface area contributed by atoms with E-state index in [0.717, 1.165) is 0 Å². The van der Waals surface area contributed by atoms with E-state index in [0.29, 0.717) is 32.2 Å². The molecule has 0 radical (unpaired) electrons. The fourth-order valence-corrected chi connectivity index (χ4v) is 2.47. The number of esters is 2. The molecular formula is C15H21N3O6. The van der Waals surface area contributed by atoms with Gasteiger partial charge in [0, 0.05) is 25.4 Å². The van der Waals surface area contributed by atoms with Gasteiger partial charge >= 0.3 is 17.9 Å². The van der Waals surface area contributed by atoms with Crippen LogP contribution in [-0.2, 0) is 29.3 Å². The molecule has 2 aliphatic rings. The number of aromatic nitrogens is 2. The van der Waals surface area contributed by atoms with E-state index in [1.807, 2.05) is 21.8 Å². The zero-order chi connectivity index (χ0) is 17.4. The Bertz CT molecular complexity index is 619. The van der Waals surface area contributed by atoms with Gasteiger partial charge in [0.2, 0.25) is 5.88 Å². The van der Waals surface area contributed by atoms with Crippen molar-refractivity contribution >= 4 is 11.9 Å². The lowest BCUT2D eigenvalue weighted by Crippen LogP contribution is -2.53. The largest absolute Gasteiger partial charge is 0.475 e. The quantitative estimate of drug-likeness (QED) is 0.563. The normalized spacial score (nSPS) is 21.0. The maximum absolute atomic E-state index is 11.2. The van der Waals surface area contributed by atoms with Gasteiger partial charge in [-0.2, -0.15) is 0 Å². The minimum absolute atomic E-state index is 0.103. The van der Waals surface area contributed by atoms with Gasteiger partial charge in [-0.25, -0.2) is 9.59 Å².